The summed E-state index contributed by atoms with van der Waals surface area (Å²) in [5.41, 5.74) is 0. The van der Waals surface area contributed by atoms with Gasteiger partial charge in [0.05, 0.1) is 0 Å². The van der Waals surface area contributed by atoms with Crippen molar-refractivity contribution >= 4 is 0 Å². The molecule has 3 heteroatoms. The van der Waals surface area contributed by atoms with E-state index in [0.29, 0.717) is 0 Å². The Morgan fingerprint density at radius 1 is 1.19 bits per heavy atom. The molecule has 2 saturated heterocycles. The van der Waals surface area contributed by atoms with Crippen LogP contribution in [0.5, 0.6) is 0 Å². The molecule has 2 atom stereocenters. The first-order valence-corrected chi connectivity index (χ1v) is 6.78. The standard InChI is InChI=1S/C13H27N3/c1-14-11-9-12-5-4-6-13(10-11)16(12)8-7-15(2)3/h11-14H,4-10H2,1-3H3. The lowest BCUT2D eigenvalue weighted by atomic mass is 9.82. The summed E-state index contributed by atoms with van der Waals surface area (Å²) in [6.07, 6.45) is 7.01. The molecule has 16 heavy (non-hydrogen) atoms. The smallest absolute Gasteiger partial charge is 0.0115 e. The van der Waals surface area contributed by atoms with Crippen molar-refractivity contribution in [1.29, 1.82) is 0 Å². The van der Waals surface area contributed by atoms with Crippen LogP contribution in [-0.2, 0) is 0 Å². The van der Waals surface area contributed by atoms with E-state index in [1.165, 1.54) is 45.2 Å². The summed E-state index contributed by atoms with van der Waals surface area (Å²) < 4.78 is 0. The van der Waals surface area contributed by atoms with Gasteiger partial charge in [0, 0.05) is 31.2 Å². The molecule has 2 unspecified atom stereocenters. The Morgan fingerprint density at radius 2 is 1.81 bits per heavy atom. The van der Waals surface area contributed by atoms with Gasteiger partial charge in [-0.2, -0.15) is 0 Å². The zero-order valence-electron chi connectivity index (χ0n) is 11.1. The number of nitrogens with zero attached hydrogens (tertiary/aromatic N) is 2. The maximum absolute atomic E-state index is 3.48. The Hall–Kier alpha value is -0.120. The Kier molecular flexibility index (Phi) is 4.22. The highest BCUT2D eigenvalue weighted by molar-refractivity contribution is 4.94. The monoisotopic (exact) mass is 225 g/mol. The first-order valence-electron chi connectivity index (χ1n) is 6.78. The van der Waals surface area contributed by atoms with Crippen LogP contribution in [0.15, 0.2) is 0 Å². The number of nitrogens with one attached hydrogen (secondary N) is 1. The lowest BCUT2D eigenvalue weighted by Crippen LogP contribution is -2.57. The molecule has 0 spiro atoms. The lowest BCUT2D eigenvalue weighted by Gasteiger charge is -2.49. The van der Waals surface area contributed by atoms with Crippen LogP contribution in [0.1, 0.15) is 32.1 Å². The van der Waals surface area contributed by atoms with Crippen molar-refractivity contribution in [2.24, 2.45) is 0 Å². The van der Waals surface area contributed by atoms with Crippen molar-refractivity contribution in [3.63, 3.8) is 0 Å². The molecule has 2 heterocycles. The topological polar surface area (TPSA) is 18.5 Å². The highest BCUT2D eigenvalue weighted by atomic mass is 15.2. The zero-order chi connectivity index (χ0) is 11.5. The molecular weight excluding hydrogens is 198 g/mol. The molecule has 3 nitrogen and oxygen atoms in total. The Bertz CT molecular complexity index is 203. The van der Waals surface area contributed by atoms with Crippen LogP contribution >= 0.6 is 0 Å². The summed E-state index contributed by atoms with van der Waals surface area (Å²) in [4.78, 5) is 5.09. The van der Waals surface area contributed by atoms with Crippen molar-refractivity contribution in [3.05, 3.63) is 0 Å². The normalized spacial score (nSPS) is 35.6. The highest BCUT2D eigenvalue weighted by Crippen LogP contribution is 2.33. The predicted molar refractivity (Wildman–Crippen MR) is 68.8 cm³/mol. The van der Waals surface area contributed by atoms with Crippen molar-refractivity contribution in [2.75, 3.05) is 34.2 Å². The van der Waals surface area contributed by atoms with Gasteiger partial charge >= 0.3 is 0 Å². The van der Waals surface area contributed by atoms with Crippen LogP contribution in [0.25, 0.3) is 0 Å². The SMILES string of the molecule is CNC1CC2CCCC(C1)N2CCN(C)C. The zero-order valence-corrected chi connectivity index (χ0v) is 11.1. The van der Waals surface area contributed by atoms with Crippen molar-refractivity contribution in [3.8, 4) is 0 Å². The summed E-state index contributed by atoms with van der Waals surface area (Å²) in [5.74, 6) is 0. The summed E-state index contributed by atoms with van der Waals surface area (Å²) in [6, 6.07) is 2.47. The first-order chi connectivity index (χ1) is 7.70. The van der Waals surface area contributed by atoms with Gasteiger partial charge in [0.2, 0.25) is 0 Å². The second-order valence-electron chi connectivity index (χ2n) is 5.74. The molecule has 94 valence electrons. The third kappa shape index (κ3) is 2.76. The fraction of sp³-hybridized carbons (Fsp3) is 1.00. The van der Waals surface area contributed by atoms with Gasteiger partial charge in [0.1, 0.15) is 0 Å². The second kappa shape index (κ2) is 5.48. The van der Waals surface area contributed by atoms with Gasteiger partial charge < -0.3 is 10.2 Å². The largest absolute Gasteiger partial charge is 0.317 e. The van der Waals surface area contributed by atoms with Crippen molar-refractivity contribution in [2.45, 2.75) is 50.2 Å². The van der Waals surface area contributed by atoms with E-state index in [2.05, 4.69) is 36.3 Å². The van der Waals surface area contributed by atoms with Gasteiger partial charge in [-0.25, -0.2) is 0 Å². The minimum absolute atomic E-state index is 0.769. The van der Waals surface area contributed by atoms with E-state index in [0.717, 1.165) is 18.1 Å². The fourth-order valence-electron chi connectivity index (χ4n) is 3.39. The maximum atomic E-state index is 3.48. The molecule has 2 aliphatic heterocycles. The number of piperidine rings is 2. The summed E-state index contributed by atoms with van der Waals surface area (Å²) >= 11 is 0. The molecular formula is C13H27N3. The first kappa shape index (κ1) is 12.3. The van der Waals surface area contributed by atoms with Crippen LogP contribution in [0, 0.1) is 0 Å². The third-order valence-electron chi connectivity index (χ3n) is 4.34. The molecule has 2 bridgehead atoms. The molecule has 2 fully saturated rings. The average Bonchev–Trinajstić information content (AvgIpc) is 2.24. The molecule has 0 aromatic heterocycles. The highest BCUT2D eigenvalue weighted by Gasteiger charge is 2.37. The molecule has 1 N–H and O–H groups in total. The van der Waals surface area contributed by atoms with Gasteiger partial charge in [-0.05, 0) is 46.8 Å². The van der Waals surface area contributed by atoms with Crippen LogP contribution in [0.2, 0.25) is 0 Å². The average molecular weight is 225 g/mol. The molecule has 0 aromatic rings. The van der Waals surface area contributed by atoms with E-state index in [1.807, 2.05) is 0 Å². The third-order valence-corrected chi connectivity index (χ3v) is 4.34. The van der Waals surface area contributed by atoms with E-state index in [9.17, 15) is 0 Å². The molecule has 0 amide bonds. The quantitative estimate of drug-likeness (QED) is 0.774. The minimum atomic E-state index is 0.769. The van der Waals surface area contributed by atoms with Gasteiger partial charge in [0.15, 0.2) is 0 Å². The Labute approximate surface area is 100 Å². The van der Waals surface area contributed by atoms with Gasteiger partial charge in [0.25, 0.3) is 0 Å². The van der Waals surface area contributed by atoms with Crippen LogP contribution in [0.4, 0.5) is 0 Å². The van der Waals surface area contributed by atoms with Crippen molar-refractivity contribution in [1.82, 2.24) is 15.1 Å². The van der Waals surface area contributed by atoms with E-state index in [-0.39, 0.29) is 0 Å². The van der Waals surface area contributed by atoms with Crippen LogP contribution < -0.4 is 5.32 Å². The molecule has 0 radical (unpaired) electrons. The molecule has 2 aliphatic rings. The molecule has 2 rings (SSSR count). The number of likely N-dealkylation sites (N-methyl/N-ethyl adjacent to an activating group) is 1. The predicted octanol–water partition coefficient (Wildman–Crippen LogP) is 1.15. The number of hydrogen-bond acceptors (Lipinski definition) is 3. The van der Waals surface area contributed by atoms with Gasteiger partial charge in [-0.15, -0.1) is 0 Å². The molecule has 0 aliphatic carbocycles. The van der Waals surface area contributed by atoms with Crippen LogP contribution in [-0.4, -0.2) is 62.2 Å². The summed E-state index contributed by atoms with van der Waals surface area (Å²) in [5, 5.41) is 3.48. The van der Waals surface area contributed by atoms with Gasteiger partial charge in [-0.1, -0.05) is 6.42 Å². The summed E-state index contributed by atoms with van der Waals surface area (Å²) in [6.45, 7) is 2.47. The second-order valence-corrected chi connectivity index (χ2v) is 5.74. The molecule has 0 aromatic carbocycles. The summed E-state index contributed by atoms with van der Waals surface area (Å²) in [7, 11) is 6.47. The maximum Gasteiger partial charge on any atom is 0.0115 e. The van der Waals surface area contributed by atoms with E-state index in [1.54, 1.807) is 0 Å². The van der Waals surface area contributed by atoms with E-state index >= 15 is 0 Å². The number of hydrogen-bond donors (Lipinski definition) is 1. The molecule has 0 saturated carbocycles. The lowest BCUT2D eigenvalue weighted by molar-refractivity contribution is 0.0218. The Morgan fingerprint density at radius 3 is 2.31 bits per heavy atom. The van der Waals surface area contributed by atoms with E-state index in [4.69, 9.17) is 0 Å². The fourth-order valence-corrected chi connectivity index (χ4v) is 3.39. The van der Waals surface area contributed by atoms with Crippen LogP contribution in [0.3, 0.4) is 0 Å². The number of rotatable bonds is 4. The number of fused-ring (bicyclic) bond motifs is 2. The van der Waals surface area contributed by atoms with Crippen molar-refractivity contribution < 1.29 is 0 Å². The van der Waals surface area contributed by atoms with E-state index < -0.39 is 0 Å². The Balaban J connectivity index is 1.92. The van der Waals surface area contributed by atoms with Gasteiger partial charge in [-0.3, -0.25) is 4.90 Å². The minimum Gasteiger partial charge on any atom is -0.317 e.